The Hall–Kier alpha value is -3.23. The molecule has 0 aliphatic rings. The second-order valence-corrected chi connectivity index (χ2v) is 7.43. The summed E-state index contributed by atoms with van der Waals surface area (Å²) in [6.07, 6.45) is 1.66. The molecule has 0 saturated heterocycles. The lowest BCUT2D eigenvalue weighted by atomic mass is 10.1. The van der Waals surface area contributed by atoms with E-state index in [-0.39, 0.29) is 17.6 Å². The maximum Gasteiger partial charge on any atom is 0.277 e. The van der Waals surface area contributed by atoms with Crippen LogP contribution in [-0.2, 0) is 6.54 Å². The molecule has 0 bridgehead atoms. The third-order valence-electron chi connectivity index (χ3n) is 4.82. The Morgan fingerprint density at radius 2 is 2.10 bits per heavy atom. The number of H-pyrrole nitrogens is 1. The lowest BCUT2D eigenvalue weighted by molar-refractivity contribution is 0.446. The normalized spacial score (nSPS) is 11.8. The van der Waals surface area contributed by atoms with E-state index in [1.807, 2.05) is 0 Å². The number of hydrogen-bond donors (Lipinski definition) is 2. The van der Waals surface area contributed by atoms with Crippen molar-refractivity contribution in [2.24, 2.45) is 5.92 Å². The van der Waals surface area contributed by atoms with Gasteiger partial charge in [0, 0.05) is 18.3 Å². The number of nitrogens with one attached hydrogen (secondary N) is 2. The van der Waals surface area contributed by atoms with E-state index in [0.29, 0.717) is 46.4 Å². The minimum atomic E-state index is -0.580. The highest BCUT2D eigenvalue weighted by Gasteiger charge is 2.17. The first-order chi connectivity index (χ1) is 13.9. The second kappa shape index (κ2) is 7.31. The molecule has 9 heteroatoms. The molecule has 152 valence electrons. The number of imidazole rings is 1. The number of rotatable bonds is 6. The molecule has 0 atom stereocenters. The van der Waals surface area contributed by atoms with Crippen LogP contribution >= 0.6 is 0 Å². The van der Waals surface area contributed by atoms with Gasteiger partial charge in [-0.15, -0.1) is 5.10 Å². The van der Waals surface area contributed by atoms with E-state index in [2.05, 4.69) is 34.2 Å². The molecule has 4 aromatic rings. The third kappa shape index (κ3) is 3.37. The highest BCUT2D eigenvalue weighted by atomic mass is 19.1. The predicted octanol–water partition coefficient (Wildman–Crippen LogP) is 3.52. The average molecular weight is 400 g/mol. The third-order valence-corrected chi connectivity index (χ3v) is 4.82. The molecule has 7 nitrogen and oxygen atoms in total. The molecule has 0 saturated carbocycles. The lowest BCUT2D eigenvalue weighted by Gasteiger charge is -2.08. The van der Waals surface area contributed by atoms with Crippen LogP contribution < -0.4 is 10.9 Å². The summed E-state index contributed by atoms with van der Waals surface area (Å²) < 4.78 is 30.8. The highest BCUT2D eigenvalue weighted by molar-refractivity contribution is 5.88. The molecule has 0 aliphatic heterocycles. The van der Waals surface area contributed by atoms with E-state index >= 15 is 0 Å². The smallest absolute Gasteiger partial charge is 0.277 e. The lowest BCUT2D eigenvalue weighted by Crippen LogP contribution is -2.18. The van der Waals surface area contributed by atoms with Gasteiger partial charge in [0.25, 0.3) is 5.56 Å². The zero-order chi connectivity index (χ0) is 20.7. The van der Waals surface area contributed by atoms with Crippen molar-refractivity contribution in [2.75, 3.05) is 18.5 Å². The van der Waals surface area contributed by atoms with Gasteiger partial charge in [-0.05, 0) is 36.6 Å². The van der Waals surface area contributed by atoms with Crippen molar-refractivity contribution in [3.8, 4) is 11.1 Å². The van der Waals surface area contributed by atoms with Gasteiger partial charge in [-0.1, -0.05) is 13.8 Å². The number of anilines is 1. The van der Waals surface area contributed by atoms with Gasteiger partial charge in [0.05, 0.1) is 12.1 Å². The Bertz CT molecular complexity index is 1250. The fraction of sp³-hybridized carbons (Fsp3) is 0.350. The summed E-state index contributed by atoms with van der Waals surface area (Å²) in [6.45, 7) is 6.00. The first-order valence-electron chi connectivity index (χ1n) is 9.47. The zero-order valence-corrected chi connectivity index (χ0v) is 16.5. The summed E-state index contributed by atoms with van der Waals surface area (Å²) in [5.74, 6) is 0.785. The summed E-state index contributed by atoms with van der Waals surface area (Å²) in [5.41, 5.74) is 1.71. The highest BCUT2D eigenvalue weighted by Crippen LogP contribution is 2.29. The zero-order valence-electron chi connectivity index (χ0n) is 16.5. The van der Waals surface area contributed by atoms with Crippen molar-refractivity contribution in [3.63, 3.8) is 0 Å². The monoisotopic (exact) mass is 400 g/mol. The second-order valence-electron chi connectivity index (χ2n) is 7.43. The summed E-state index contributed by atoms with van der Waals surface area (Å²) in [7, 11) is 0. The molecule has 1 aromatic carbocycles. The quantitative estimate of drug-likeness (QED) is 0.519. The van der Waals surface area contributed by atoms with Gasteiger partial charge in [0.1, 0.15) is 23.5 Å². The van der Waals surface area contributed by atoms with Crippen LogP contribution in [0.1, 0.15) is 19.7 Å². The molecule has 0 fully saturated rings. The Morgan fingerprint density at radius 3 is 2.83 bits per heavy atom. The van der Waals surface area contributed by atoms with Crippen molar-refractivity contribution >= 4 is 22.5 Å². The molecule has 3 aromatic heterocycles. The van der Waals surface area contributed by atoms with Gasteiger partial charge in [-0.3, -0.25) is 9.78 Å². The van der Waals surface area contributed by atoms with E-state index < -0.39 is 12.5 Å². The van der Waals surface area contributed by atoms with Crippen molar-refractivity contribution in [3.05, 3.63) is 46.4 Å². The molecular weight excluding hydrogens is 378 g/mol. The Kier molecular flexibility index (Phi) is 4.81. The van der Waals surface area contributed by atoms with E-state index in [4.69, 9.17) is 0 Å². The fourth-order valence-corrected chi connectivity index (χ4v) is 3.46. The molecule has 4 rings (SSSR count). The molecule has 0 radical (unpaired) electrons. The van der Waals surface area contributed by atoms with Crippen LogP contribution in [-0.4, -0.2) is 37.4 Å². The minimum absolute atomic E-state index is 0.0920. The summed E-state index contributed by atoms with van der Waals surface area (Å²) in [4.78, 5) is 19.6. The van der Waals surface area contributed by atoms with E-state index in [1.165, 1.54) is 10.6 Å². The van der Waals surface area contributed by atoms with Crippen molar-refractivity contribution in [1.29, 1.82) is 0 Å². The topological polar surface area (TPSA) is 80.0 Å². The van der Waals surface area contributed by atoms with E-state index in [1.54, 1.807) is 29.8 Å². The van der Waals surface area contributed by atoms with Crippen LogP contribution in [0.4, 0.5) is 14.7 Å². The molecular formula is C20H22F2N6O. The SMILES string of the molecule is Cc1nc2c(F)cc(-c3ccn4nc(NCC(C)C)[nH]c(=O)c34)cc2n1CCF. The number of hydrogen-bond acceptors (Lipinski definition) is 4. The van der Waals surface area contributed by atoms with Crippen LogP contribution in [0.5, 0.6) is 0 Å². The Balaban J connectivity index is 1.85. The van der Waals surface area contributed by atoms with Crippen LogP contribution in [0.15, 0.2) is 29.2 Å². The molecule has 0 unspecified atom stereocenters. The predicted molar refractivity (Wildman–Crippen MR) is 109 cm³/mol. The van der Waals surface area contributed by atoms with Crippen LogP contribution in [0.25, 0.3) is 27.7 Å². The Morgan fingerprint density at radius 1 is 1.31 bits per heavy atom. The van der Waals surface area contributed by atoms with Gasteiger partial charge in [0.15, 0.2) is 5.82 Å². The number of alkyl halides is 1. The summed E-state index contributed by atoms with van der Waals surface area (Å²) >= 11 is 0. The van der Waals surface area contributed by atoms with Gasteiger partial charge < -0.3 is 9.88 Å². The molecule has 0 aliphatic carbocycles. The van der Waals surface area contributed by atoms with E-state index in [9.17, 15) is 13.6 Å². The maximum atomic E-state index is 14.7. The van der Waals surface area contributed by atoms with Gasteiger partial charge in [0.2, 0.25) is 5.95 Å². The number of aromatic amines is 1. The molecule has 0 spiro atoms. The van der Waals surface area contributed by atoms with Crippen LogP contribution in [0.2, 0.25) is 0 Å². The number of aryl methyl sites for hydroxylation is 2. The van der Waals surface area contributed by atoms with E-state index in [0.717, 1.165) is 0 Å². The largest absolute Gasteiger partial charge is 0.354 e. The van der Waals surface area contributed by atoms with Gasteiger partial charge in [-0.25, -0.2) is 18.3 Å². The number of aromatic nitrogens is 5. The average Bonchev–Trinajstić information content (AvgIpc) is 3.23. The first kappa shape index (κ1) is 19.1. The maximum absolute atomic E-state index is 14.7. The summed E-state index contributed by atoms with van der Waals surface area (Å²) in [5, 5.41) is 7.47. The molecule has 3 heterocycles. The number of fused-ring (bicyclic) bond motifs is 2. The standard InChI is InChI=1S/C20H22F2N6O/c1-11(2)10-23-20-25-19(29)18-14(4-6-28(18)26-20)13-8-15(22)17-16(9-13)27(7-5-21)12(3)24-17/h4,6,8-9,11H,5,7,10H2,1-3H3,(H2,23,25,26,29). The first-order valence-corrected chi connectivity index (χ1v) is 9.47. The van der Waals surface area contributed by atoms with Crippen LogP contribution in [0, 0.1) is 18.7 Å². The summed E-state index contributed by atoms with van der Waals surface area (Å²) in [6, 6.07) is 4.79. The molecule has 0 amide bonds. The molecule has 29 heavy (non-hydrogen) atoms. The number of nitrogens with zero attached hydrogens (tertiary/aromatic N) is 4. The van der Waals surface area contributed by atoms with Crippen LogP contribution in [0.3, 0.4) is 0 Å². The molecule has 2 N–H and O–H groups in total. The van der Waals surface area contributed by atoms with Gasteiger partial charge in [-0.2, -0.15) is 0 Å². The van der Waals surface area contributed by atoms with Crippen molar-refractivity contribution in [1.82, 2.24) is 24.1 Å². The van der Waals surface area contributed by atoms with Gasteiger partial charge >= 0.3 is 0 Å². The van der Waals surface area contributed by atoms with Crippen molar-refractivity contribution < 1.29 is 8.78 Å². The number of benzene rings is 1. The fourth-order valence-electron chi connectivity index (χ4n) is 3.46. The van der Waals surface area contributed by atoms with Crippen molar-refractivity contribution in [2.45, 2.75) is 27.3 Å². The minimum Gasteiger partial charge on any atom is -0.354 e. The Labute approximate surface area is 165 Å². The number of halogens is 2.